The SMILES string of the molecule is CCC(C)C(NC(=O)c1ccc(Cl)cc1)C(=O)N1CCCC(c2nc(-c3cccc(F)c3)no2)C1. The Morgan fingerprint density at radius 3 is 2.74 bits per heavy atom. The van der Waals surface area contributed by atoms with E-state index in [0.717, 1.165) is 19.3 Å². The largest absolute Gasteiger partial charge is 0.340 e. The lowest BCUT2D eigenvalue weighted by Crippen LogP contribution is -2.53. The summed E-state index contributed by atoms with van der Waals surface area (Å²) >= 11 is 5.93. The van der Waals surface area contributed by atoms with Crippen molar-refractivity contribution in [3.05, 3.63) is 70.8 Å². The van der Waals surface area contributed by atoms with Crippen LogP contribution in [0, 0.1) is 11.7 Å². The van der Waals surface area contributed by atoms with Crippen LogP contribution in [0.4, 0.5) is 4.39 Å². The number of likely N-dealkylation sites (tertiary alicyclic amines) is 1. The zero-order chi connectivity index (χ0) is 24.9. The number of benzene rings is 2. The molecule has 35 heavy (non-hydrogen) atoms. The Hall–Kier alpha value is -3.26. The number of aromatic nitrogens is 2. The number of piperidine rings is 1. The fraction of sp³-hybridized carbons (Fsp3) is 0.385. The molecule has 1 N–H and O–H groups in total. The quantitative estimate of drug-likeness (QED) is 0.490. The highest BCUT2D eigenvalue weighted by Crippen LogP contribution is 2.29. The molecule has 4 rings (SSSR count). The molecule has 0 aliphatic carbocycles. The van der Waals surface area contributed by atoms with Gasteiger partial charge >= 0.3 is 0 Å². The number of carbonyl (C=O) groups excluding carboxylic acids is 2. The minimum absolute atomic E-state index is 0.0536. The molecule has 2 amide bonds. The van der Waals surface area contributed by atoms with Gasteiger partial charge < -0.3 is 14.7 Å². The maximum Gasteiger partial charge on any atom is 0.251 e. The number of hydrogen-bond donors (Lipinski definition) is 1. The zero-order valence-corrected chi connectivity index (χ0v) is 20.5. The van der Waals surface area contributed by atoms with E-state index in [2.05, 4.69) is 15.5 Å². The van der Waals surface area contributed by atoms with E-state index in [9.17, 15) is 14.0 Å². The van der Waals surface area contributed by atoms with Crippen molar-refractivity contribution in [3.63, 3.8) is 0 Å². The van der Waals surface area contributed by atoms with Gasteiger partial charge in [-0.3, -0.25) is 9.59 Å². The third-order valence-electron chi connectivity index (χ3n) is 6.48. The van der Waals surface area contributed by atoms with Crippen LogP contribution in [0.2, 0.25) is 5.02 Å². The fourth-order valence-electron chi connectivity index (χ4n) is 4.23. The average molecular weight is 499 g/mol. The van der Waals surface area contributed by atoms with Gasteiger partial charge in [0.1, 0.15) is 11.9 Å². The van der Waals surface area contributed by atoms with Crippen molar-refractivity contribution in [3.8, 4) is 11.4 Å². The second-order valence-electron chi connectivity index (χ2n) is 8.93. The Bertz CT molecular complexity index is 1180. The lowest BCUT2D eigenvalue weighted by molar-refractivity contribution is -0.135. The number of rotatable bonds is 7. The molecule has 0 radical (unpaired) electrons. The molecule has 184 valence electrons. The van der Waals surface area contributed by atoms with Crippen LogP contribution >= 0.6 is 11.6 Å². The van der Waals surface area contributed by atoms with Gasteiger partial charge in [0.2, 0.25) is 17.6 Å². The Balaban J connectivity index is 1.47. The Morgan fingerprint density at radius 1 is 1.26 bits per heavy atom. The summed E-state index contributed by atoms with van der Waals surface area (Å²) in [5.74, 6) is -0.265. The maximum absolute atomic E-state index is 13.6. The monoisotopic (exact) mass is 498 g/mol. The number of amides is 2. The lowest BCUT2D eigenvalue weighted by Gasteiger charge is -2.35. The van der Waals surface area contributed by atoms with E-state index in [1.165, 1.54) is 12.1 Å². The summed E-state index contributed by atoms with van der Waals surface area (Å²) in [6, 6.07) is 11.9. The predicted molar refractivity (Wildman–Crippen MR) is 130 cm³/mol. The molecule has 1 aliphatic rings. The van der Waals surface area contributed by atoms with Crippen LogP contribution < -0.4 is 5.32 Å². The number of nitrogens with zero attached hydrogens (tertiary/aromatic N) is 3. The van der Waals surface area contributed by atoms with Crippen molar-refractivity contribution in [1.82, 2.24) is 20.4 Å². The molecule has 3 aromatic rings. The van der Waals surface area contributed by atoms with E-state index in [-0.39, 0.29) is 29.5 Å². The Labute approximate surface area is 208 Å². The summed E-state index contributed by atoms with van der Waals surface area (Å²) in [7, 11) is 0. The van der Waals surface area contributed by atoms with Crippen molar-refractivity contribution in [2.75, 3.05) is 13.1 Å². The molecule has 7 nitrogen and oxygen atoms in total. The first-order valence-corrected chi connectivity index (χ1v) is 12.2. The minimum Gasteiger partial charge on any atom is -0.340 e. The number of hydrogen-bond acceptors (Lipinski definition) is 5. The molecule has 0 saturated carbocycles. The molecule has 0 bridgehead atoms. The molecule has 3 atom stereocenters. The standard InChI is InChI=1S/C26H28ClFN4O3/c1-3-16(2)22(29-24(33)17-9-11-20(27)12-10-17)26(34)32-13-5-7-19(15-32)25-30-23(31-35-25)18-6-4-8-21(28)14-18/h4,6,8-12,14,16,19,22H,3,5,7,13,15H2,1-2H3,(H,29,33). The molecule has 1 fully saturated rings. The van der Waals surface area contributed by atoms with Crippen LogP contribution in [0.15, 0.2) is 53.1 Å². The summed E-state index contributed by atoms with van der Waals surface area (Å²) in [5, 5.41) is 7.47. The Morgan fingerprint density at radius 2 is 2.03 bits per heavy atom. The zero-order valence-electron chi connectivity index (χ0n) is 19.7. The van der Waals surface area contributed by atoms with Gasteiger partial charge in [0.25, 0.3) is 5.91 Å². The minimum atomic E-state index is -0.660. The maximum atomic E-state index is 13.6. The van der Waals surface area contributed by atoms with Gasteiger partial charge in [-0.25, -0.2) is 4.39 Å². The van der Waals surface area contributed by atoms with Crippen LogP contribution in [0.3, 0.4) is 0 Å². The van der Waals surface area contributed by atoms with Gasteiger partial charge in [0, 0.05) is 29.2 Å². The Kier molecular flexibility index (Phi) is 7.80. The molecule has 2 heterocycles. The molecule has 1 saturated heterocycles. The molecule has 0 spiro atoms. The molecular formula is C26H28ClFN4O3. The van der Waals surface area contributed by atoms with Crippen LogP contribution in [-0.4, -0.2) is 46.0 Å². The van der Waals surface area contributed by atoms with E-state index >= 15 is 0 Å². The third kappa shape index (κ3) is 5.88. The molecule has 2 aromatic carbocycles. The fourth-order valence-corrected chi connectivity index (χ4v) is 4.36. The van der Waals surface area contributed by atoms with E-state index in [0.29, 0.717) is 41.0 Å². The number of carbonyl (C=O) groups is 2. The molecule has 9 heteroatoms. The normalized spacial score (nSPS) is 17.6. The van der Waals surface area contributed by atoms with Gasteiger partial charge in [-0.15, -0.1) is 0 Å². The average Bonchev–Trinajstić information content (AvgIpc) is 3.37. The van der Waals surface area contributed by atoms with Gasteiger partial charge in [-0.2, -0.15) is 4.98 Å². The van der Waals surface area contributed by atoms with Crippen molar-refractivity contribution >= 4 is 23.4 Å². The van der Waals surface area contributed by atoms with Crippen molar-refractivity contribution in [1.29, 1.82) is 0 Å². The third-order valence-corrected chi connectivity index (χ3v) is 6.73. The summed E-state index contributed by atoms with van der Waals surface area (Å²) in [6.45, 7) is 4.94. The van der Waals surface area contributed by atoms with Crippen molar-refractivity contribution in [2.24, 2.45) is 5.92 Å². The second-order valence-corrected chi connectivity index (χ2v) is 9.37. The summed E-state index contributed by atoms with van der Waals surface area (Å²) in [5.41, 5.74) is 0.980. The highest BCUT2D eigenvalue weighted by atomic mass is 35.5. The van der Waals surface area contributed by atoms with Crippen molar-refractivity contribution in [2.45, 2.75) is 45.1 Å². The van der Waals surface area contributed by atoms with Gasteiger partial charge in [0.05, 0.1) is 5.92 Å². The first kappa shape index (κ1) is 24.9. The van der Waals surface area contributed by atoms with E-state index in [4.69, 9.17) is 16.1 Å². The highest BCUT2D eigenvalue weighted by Gasteiger charge is 2.34. The summed E-state index contributed by atoms with van der Waals surface area (Å²) in [6.07, 6.45) is 2.29. The highest BCUT2D eigenvalue weighted by molar-refractivity contribution is 6.30. The molecule has 1 aromatic heterocycles. The molecule has 3 unspecified atom stereocenters. The predicted octanol–water partition coefficient (Wildman–Crippen LogP) is 5.08. The first-order chi connectivity index (χ1) is 16.9. The van der Waals surface area contributed by atoms with Crippen LogP contribution in [-0.2, 0) is 4.79 Å². The van der Waals surface area contributed by atoms with E-state index < -0.39 is 6.04 Å². The first-order valence-electron chi connectivity index (χ1n) is 11.8. The number of halogens is 2. The van der Waals surface area contributed by atoms with Gasteiger partial charge in [-0.05, 0) is 55.2 Å². The molecule has 1 aliphatic heterocycles. The van der Waals surface area contributed by atoms with E-state index in [1.807, 2.05) is 13.8 Å². The topological polar surface area (TPSA) is 88.3 Å². The summed E-state index contributed by atoms with van der Waals surface area (Å²) < 4.78 is 19.1. The smallest absolute Gasteiger partial charge is 0.251 e. The van der Waals surface area contributed by atoms with Crippen LogP contribution in [0.5, 0.6) is 0 Å². The van der Waals surface area contributed by atoms with Crippen molar-refractivity contribution < 1.29 is 18.5 Å². The number of nitrogens with one attached hydrogen (secondary N) is 1. The molecular weight excluding hydrogens is 471 g/mol. The lowest BCUT2D eigenvalue weighted by atomic mass is 9.93. The van der Waals surface area contributed by atoms with Crippen LogP contribution in [0.25, 0.3) is 11.4 Å². The van der Waals surface area contributed by atoms with Crippen LogP contribution in [0.1, 0.15) is 55.3 Å². The second kappa shape index (κ2) is 11.0. The van der Waals surface area contributed by atoms with Gasteiger partial charge in [-0.1, -0.05) is 49.2 Å². The summed E-state index contributed by atoms with van der Waals surface area (Å²) in [4.78, 5) is 32.6. The van der Waals surface area contributed by atoms with E-state index in [1.54, 1.807) is 41.3 Å². The van der Waals surface area contributed by atoms with Gasteiger partial charge in [0.15, 0.2) is 0 Å².